The van der Waals surface area contributed by atoms with E-state index in [1.165, 1.54) is 12.1 Å². The number of carbonyl (C=O) groups excluding carboxylic acids is 1. The number of hydrogen-bond donors (Lipinski definition) is 1. The van der Waals surface area contributed by atoms with E-state index in [0.717, 1.165) is 23.4 Å². The molecule has 1 N–H and O–H groups in total. The molecule has 3 rings (SSSR count). The molecular weight excluding hydrogens is 430 g/mol. The summed E-state index contributed by atoms with van der Waals surface area (Å²) in [6, 6.07) is 13.9. The van der Waals surface area contributed by atoms with Gasteiger partial charge in [0.15, 0.2) is 5.17 Å². The Balaban J connectivity index is 1.88. The van der Waals surface area contributed by atoms with E-state index in [1.807, 2.05) is 18.2 Å². The molecule has 1 aliphatic heterocycles. The summed E-state index contributed by atoms with van der Waals surface area (Å²) in [5.41, 5.74) is 2.46. The quantitative estimate of drug-likeness (QED) is 0.675. The third kappa shape index (κ3) is 5.75. The van der Waals surface area contributed by atoms with Crippen molar-refractivity contribution in [1.29, 1.82) is 0 Å². The van der Waals surface area contributed by atoms with Crippen molar-refractivity contribution in [2.24, 2.45) is 4.99 Å². The van der Waals surface area contributed by atoms with Gasteiger partial charge < -0.3 is 0 Å². The summed E-state index contributed by atoms with van der Waals surface area (Å²) in [5.74, 6) is 1.06. The van der Waals surface area contributed by atoms with Crippen LogP contribution in [0.25, 0.3) is 0 Å². The monoisotopic (exact) mass is 459 g/mol. The van der Waals surface area contributed by atoms with Crippen molar-refractivity contribution in [1.82, 2.24) is 9.62 Å². The Hall–Kier alpha value is -2.16. The Morgan fingerprint density at radius 1 is 1.06 bits per heavy atom. The molecule has 0 saturated carbocycles. The van der Waals surface area contributed by atoms with Gasteiger partial charge in [-0.1, -0.05) is 43.8 Å². The second-order valence-corrected chi connectivity index (χ2v) is 10.8. The van der Waals surface area contributed by atoms with Gasteiger partial charge in [-0.3, -0.25) is 9.69 Å². The Kier molecular flexibility index (Phi) is 7.56. The van der Waals surface area contributed by atoms with Gasteiger partial charge in [0.05, 0.1) is 10.6 Å². The van der Waals surface area contributed by atoms with E-state index in [1.54, 1.807) is 42.6 Å². The third-order valence-electron chi connectivity index (χ3n) is 4.81. The third-order valence-corrected chi connectivity index (χ3v) is 7.55. The number of rotatable bonds is 6. The normalized spacial score (nSPS) is 16.3. The van der Waals surface area contributed by atoms with E-state index in [-0.39, 0.29) is 16.8 Å². The van der Waals surface area contributed by atoms with E-state index < -0.39 is 10.0 Å². The number of nitrogens with one attached hydrogen (secondary N) is 1. The summed E-state index contributed by atoms with van der Waals surface area (Å²) in [6.45, 7) is 8.37. The van der Waals surface area contributed by atoms with Crippen LogP contribution in [0.1, 0.15) is 56.0 Å². The van der Waals surface area contributed by atoms with Crippen molar-refractivity contribution in [2.45, 2.75) is 51.0 Å². The Morgan fingerprint density at radius 3 is 2.39 bits per heavy atom. The molecule has 0 aliphatic carbocycles. The van der Waals surface area contributed by atoms with Gasteiger partial charge in [0.2, 0.25) is 10.0 Å². The predicted molar refractivity (Wildman–Crippen MR) is 128 cm³/mol. The smallest absolute Gasteiger partial charge is 0.259 e. The molecule has 166 valence electrons. The standard InChI is InChI=1S/C23H29N3O3S2/c1-16(2)20-8-5-6-9-21(20)24-23-26(14-7-15-30-23)22(27)18-10-12-19(13-11-18)31(28,29)25-17(3)4/h5-6,8-13,16-17,25H,7,14-15H2,1-4H3. The number of thioether (sulfide) groups is 1. The van der Waals surface area contributed by atoms with Gasteiger partial charge in [-0.25, -0.2) is 18.1 Å². The van der Waals surface area contributed by atoms with Crippen LogP contribution in [0.2, 0.25) is 0 Å². The molecule has 0 radical (unpaired) electrons. The highest BCUT2D eigenvalue weighted by Gasteiger charge is 2.26. The summed E-state index contributed by atoms with van der Waals surface area (Å²) in [5, 5.41) is 0.683. The van der Waals surface area contributed by atoms with Crippen molar-refractivity contribution in [3.63, 3.8) is 0 Å². The minimum atomic E-state index is -3.59. The number of carbonyl (C=O) groups is 1. The predicted octanol–water partition coefficient (Wildman–Crippen LogP) is 4.76. The number of para-hydroxylation sites is 1. The molecular formula is C23H29N3O3S2. The number of amides is 1. The average molecular weight is 460 g/mol. The number of hydrogen-bond acceptors (Lipinski definition) is 5. The van der Waals surface area contributed by atoms with Gasteiger partial charge in [0, 0.05) is 23.9 Å². The molecule has 1 fully saturated rings. The lowest BCUT2D eigenvalue weighted by molar-refractivity contribution is 0.0849. The summed E-state index contributed by atoms with van der Waals surface area (Å²) >= 11 is 1.57. The maximum absolute atomic E-state index is 13.2. The molecule has 1 saturated heterocycles. The minimum absolute atomic E-state index is 0.144. The average Bonchev–Trinajstić information content (AvgIpc) is 2.73. The van der Waals surface area contributed by atoms with Crippen molar-refractivity contribution < 1.29 is 13.2 Å². The molecule has 31 heavy (non-hydrogen) atoms. The van der Waals surface area contributed by atoms with Gasteiger partial charge in [0.1, 0.15) is 0 Å². The van der Waals surface area contributed by atoms with Crippen molar-refractivity contribution in [3.05, 3.63) is 59.7 Å². The SMILES string of the molecule is CC(C)NS(=O)(=O)c1ccc(C(=O)N2CCCSC2=Nc2ccccc2C(C)C)cc1. The molecule has 2 aromatic carbocycles. The highest BCUT2D eigenvalue weighted by molar-refractivity contribution is 8.13. The highest BCUT2D eigenvalue weighted by Crippen LogP contribution is 2.30. The van der Waals surface area contributed by atoms with Gasteiger partial charge in [-0.05, 0) is 62.1 Å². The molecule has 1 aliphatic rings. The van der Waals surface area contributed by atoms with E-state index in [0.29, 0.717) is 23.2 Å². The second-order valence-electron chi connectivity index (χ2n) is 8.07. The lowest BCUT2D eigenvalue weighted by Gasteiger charge is -2.28. The van der Waals surface area contributed by atoms with Crippen LogP contribution in [0.5, 0.6) is 0 Å². The molecule has 0 unspecified atom stereocenters. The first-order valence-electron chi connectivity index (χ1n) is 10.4. The minimum Gasteiger partial charge on any atom is -0.287 e. The lowest BCUT2D eigenvalue weighted by atomic mass is 10.0. The number of sulfonamides is 1. The molecule has 0 atom stereocenters. The Labute approximate surface area is 189 Å². The zero-order valence-corrected chi connectivity index (χ0v) is 20.0. The summed E-state index contributed by atoms with van der Waals surface area (Å²) in [6.07, 6.45) is 0.881. The topological polar surface area (TPSA) is 78.8 Å². The highest BCUT2D eigenvalue weighted by atomic mass is 32.2. The van der Waals surface area contributed by atoms with Crippen LogP contribution in [-0.2, 0) is 10.0 Å². The van der Waals surface area contributed by atoms with Crippen LogP contribution in [-0.4, -0.2) is 42.7 Å². The molecule has 8 heteroatoms. The van der Waals surface area contributed by atoms with E-state index in [4.69, 9.17) is 4.99 Å². The fourth-order valence-corrected chi connectivity index (χ4v) is 5.53. The van der Waals surface area contributed by atoms with Gasteiger partial charge in [0.25, 0.3) is 5.91 Å². The van der Waals surface area contributed by atoms with Crippen LogP contribution in [0.3, 0.4) is 0 Å². The van der Waals surface area contributed by atoms with Crippen LogP contribution in [0.15, 0.2) is 58.4 Å². The van der Waals surface area contributed by atoms with Crippen molar-refractivity contribution in [2.75, 3.05) is 12.3 Å². The Morgan fingerprint density at radius 2 is 1.74 bits per heavy atom. The van der Waals surface area contributed by atoms with Crippen molar-refractivity contribution >= 4 is 38.5 Å². The van der Waals surface area contributed by atoms with Crippen LogP contribution in [0.4, 0.5) is 5.69 Å². The van der Waals surface area contributed by atoms with Gasteiger partial charge >= 0.3 is 0 Å². The van der Waals surface area contributed by atoms with Crippen LogP contribution < -0.4 is 4.72 Å². The summed E-state index contributed by atoms with van der Waals surface area (Å²) in [7, 11) is -3.59. The number of benzene rings is 2. The molecule has 1 heterocycles. The maximum Gasteiger partial charge on any atom is 0.259 e. The molecule has 0 bridgehead atoms. The molecule has 1 amide bonds. The van der Waals surface area contributed by atoms with Crippen molar-refractivity contribution in [3.8, 4) is 0 Å². The number of aliphatic imine (C=N–C) groups is 1. The van der Waals surface area contributed by atoms with Gasteiger partial charge in [-0.2, -0.15) is 0 Å². The Bertz CT molecular complexity index is 1060. The first kappa shape index (κ1) is 23.5. The van der Waals surface area contributed by atoms with E-state index in [9.17, 15) is 13.2 Å². The van der Waals surface area contributed by atoms with Crippen LogP contribution >= 0.6 is 11.8 Å². The first-order chi connectivity index (χ1) is 14.7. The van der Waals surface area contributed by atoms with Crippen LogP contribution in [0, 0.1) is 0 Å². The molecule has 0 spiro atoms. The molecule has 6 nitrogen and oxygen atoms in total. The fraction of sp³-hybridized carbons (Fsp3) is 0.391. The lowest BCUT2D eigenvalue weighted by Crippen LogP contribution is -2.39. The fourth-order valence-electron chi connectivity index (χ4n) is 3.33. The maximum atomic E-state index is 13.2. The van der Waals surface area contributed by atoms with Gasteiger partial charge in [-0.15, -0.1) is 0 Å². The number of nitrogens with zero attached hydrogens (tertiary/aromatic N) is 2. The summed E-state index contributed by atoms with van der Waals surface area (Å²) < 4.78 is 27.2. The number of amidine groups is 1. The summed E-state index contributed by atoms with van der Waals surface area (Å²) in [4.78, 5) is 19.9. The zero-order chi connectivity index (χ0) is 22.6. The van der Waals surface area contributed by atoms with E-state index in [2.05, 4.69) is 24.6 Å². The second kappa shape index (κ2) is 9.97. The zero-order valence-electron chi connectivity index (χ0n) is 18.3. The first-order valence-corrected chi connectivity index (χ1v) is 12.9. The largest absolute Gasteiger partial charge is 0.287 e. The van der Waals surface area contributed by atoms with E-state index >= 15 is 0 Å². The molecule has 0 aromatic heterocycles. The molecule has 2 aromatic rings.